The molecule has 3 N–H and O–H groups in total. The molecule has 0 rings (SSSR count). The van der Waals surface area contributed by atoms with Gasteiger partial charge in [0.2, 0.25) is 11.8 Å². The van der Waals surface area contributed by atoms with Crippen molar-refractivity contribution in [1.29, 1.82) is 0 Å². The first-order valence-corrected chi connectivity index (χ1v) is 4.57. The van der Waals surface area contributed by atoms with Gasteiger partial charge in [-0.3, -0.25) is 14.4 Å². The number of carboxylic acid groups (broad SMARTS) is 1. The number of carboxylic acids is 1. The molecule has 0 aliphatic carbocycles. The van der Waals surface area contributed by atoms with Crippen LogP contribution in [-0.4, -0.2) is 35.3 Å². The Labute approximate surface area is 97.2 Å². The van der Waals surface area contributed by atoms with Gasteiger partial charge in [0.15, 0.2) is 5.78 Å². The molecular weight excluding hydrogens is 228 g/mol. The van der Waals surface area contributed by atoms with Crippen LogP contribution in [0.2, 0.25) is 0 Å². The second-order valence-electron chi connectivity index (χ2n) is 2.87. The second-order valence-corrected chi connectivity index (χ2v) is 2.87. The molecule has 0 unspecified atom stereocenters. The zero-order valence-corrected chi connectivity index (χ0v) is 9.10. The number of amides is 2. The first-order chi connectivity index (χ1) is 7.91. The molecule has 0 bridgehead atoms. The molecule has 92 valence electrons. The van der Waals surface area contributed by atoms with Gasteiger partial charge in [-0.1, -0.05) is 0 Å². The van der Waals surface area contributed by atoms with E-state index in [0.717, 1.165) is 18.2 Å². The van der Waals surface area contributed by atoms with Crippen LogP contribution in [0, 0.1) is 0 Å². The van der Waals surface area contributed by atoms with E-state index >= 15 is 0 Å². The van der Waals surface area contributed by atoms with Crippen molar-refractivity contribution in [2.24, 2.45) is 0 Å². The Bertz CT molecular complexity index is 348. The average Bonchev–Trinajstić information content (AvgIpc) is 2.23. The van der Waals surface area contributed by atoms with Gasteiger partial charge in [0.25, 0.3) is 0 Å². The Hall–Kier alpha value is -2.44. The second kappa shape index (κ2) is 7.80. The standard InChI is InChI=1S/C10H12N2O5/c1-7(13)2-3-8(14)11-6-12-9(15)4-5-10(16)17/h2-5H,6H2,1H3,(H,11,14)(H,12,15)(H,16,17)/b3-2+,5-4+. The van der Waals surface area contributed by atoms with E-state index in [1.54, 1.807) is 0 Å². The van der Waals surface area contributed by atoms with E-state index in [2.05, 4.69) is 10.6 Å². The van der Waals surface area contributed by atoms with Gasteiger partial charge in [0.05, 0.1) is 6.67 Å². The third-order valence-electron chi connectivity index (χ3n) is 1.37. The van der Waals surface area contributed by atoms with Crippen LogP contribution in [-0.2, 0) is 19.2 Å². The highest BCUT2D eigenvalue weighted by Gasteiger charge is 1.98. The van der Waals surface area contributed by atoms with E-state index in [4.69, 9.17) is 5.11 Å². The molecule has 7 heteroatoms. The Morgan fingerprint density at radius 3 is 1.82 bits per heavy atom. The summed E-state index contributed by atoms with van der Waals surface area (Å²) in [6.45, 7) is 1.13. The maximum atomic E-state index is 11.0. The minimum atomic E-state index is -1.24. The van der Waals surface area contributed by atoms with Gasteiger partial charge in [-0.05, 0) is 13.0 Å². The number of allylic oxidation sites excluding steroid dienone is 1. The van der Waals surface area contributed by atoms with Crippen molar-refractivity contribution in [2.45, 2.75) is 6.92 Å². The molecule has 0 aliphatic rings. The first-order valence-electron chi connectivity index (χ1n) is 4.57. The van der Waals surface area contributed by atoms with Gasteiger partial charge < -0.3 is 15.7 Å². The molecular formula is C10H12N2O5. The van der Waals surface area contributed by atoms with Crippen LogP contribution >= 0.6 is 0 Å². The number of carbonyl (C=O) groups excluding carboxylic acids is 3. The summed E-state index contributed by atoms with van der Waals surface area (Å²) < 4.78 is 0. The minimum Gasteiger partial charge on any atom is -0.478 e. The molecule has 7 nitrogen and oxygen atoms in total. The number of nitrogens with one attached hydrogen (secondary N) is 2. The number of rotatable bonds is 6. The average molecular weight is 240 g/mol. The highest BCUT2D eigenvalue weighted by molar-refractivity contribution is 5.97. The summed E-state index contributed by atoms with van der Waals surface area (Å²) in [5.74, 6) is -2.70. The van der Waals surface area contributed by atoms with Gasteiger partial charge in [-0.25, -0.2) is 4.79 Å². The smallest absolute Gasteiger partial charge is 0.328 e. The molecule has 0 aliphatic heterocycles. The zero-order valence-electron chi connectivity index (χ0n) is 9.10. The molecule has 0 saturated carbocycles. The van der Waals surface area contributed by atoms with Crippen LogP contribution in [0.25, 0.3) is 0 Å². The lowest BCUT2D eigenvalue weighted by Gasteiger charge is -2.02. The predicted molar refractivity (Wildman–Crippen MR) is 57.7 cm³/mol. The van der Waals surface area contributed by atoms with Crippen molar-refractivity contribution in [3.8, 4) is 0 Å². The number of aliphatic carboxylic acids is 1. The van der Waals surface area contributed by atoms with E-state index in [9.17, 15) is 19.2 Å². The van der Waals surface area contributed by atoms with Crippen molar-refractivity contribution >= 4 is 23.6 Å². The molecule has 0 radical (unpaired) electrons. The number of ketones is 1. The van der Waals surface area contributed by atoms with Crippen LogP contribution in [0.5, 0.6) is 0 Å². The topological polar surface area (TPSA) is 113 Å². The summed E-state index contributed by atoms with van der Waals surface area (Å²) >= 11 is 0. The monoisotopic (exact) mass is 240 g/mol. The van der Waals surface area contributed by atoms with E-state index in [0.29, 0.717) is 6.08 Å². The summed E-state index contributed by atoms with van der Waals surface area (Å²) in [5.41, 5.74) is 0. The fourth-order valence-corrected chi connectivity index (χ4v) is 0.676. The molecule has 0 aromatic heterocycles. The van der Waals surface area contributed by atoms with Crippen molar-refractivity contribution in [3.05, 3.63) is 24.3 Å². The Morgan fingerprint density at radius 1 is 0.941 bits per heavy atom. The normalized spacial score (nSPS) is 10.4. The third-order valence-corrected chi connectivity index (χ3v) is 1.37. The van der Waals surface area contributed by atoms with Crippen LogP contribution in [0.3, 0.4) is 0 Å². The number of carbonyl (C=O) groups is 4. The van der Waals surface area contributed by atoms with Crippen LogP contribution in [0.4, 0.5) is 0 Å². The van der Waals surface area contributed by atoms with Crippen molar-refractivity contribution in [3.63, 3.8) is 0 Å². The number of hydrogen-bond donors (Lipinski definition) is 3. The van der Waals surface area contributed by atoms with Gasteiger partial charge in [-0.15, -0.1) is 0 Å². The molecule has 0 spiro atoms. The lowest BCUT2D eigenvalue weighted by Crippen LogP contribution is -2.35. The fourth-order valence-electron chi connectivity index (χ4n) is 0.676. The summed E-state index contributed by atoms with van der Waals surface area (Å²) in [6, 6.07) is 0. The van der Waals surface area contributed by atoms with Gasteiger partial charge in [-0.2, -0.15) is 0 Å². The molecule has 17 heavy (non-hydrogen) atoms. The van der Waals surface area contributed by atoms with E-state index in [-0.39, 0.29) is 12.5 Å². The van der Waals surface area contributed by atoms with Crippen molar-refractivity contribution in [2.75, 3.05) is 6.67 Å². The third kappa shape index (κ3) is 9.85. The summed E-state index contributed by atoms with van der Waals surface area (Å²) in [6.07, 6.45) is 3.61. The Kier molecular flexibility index (Phi) is 6.68. The van der Waals surface area contributed by atoms with Crippen LogP contribution in [0.15, 0.2) is 24.3 Å². The quantitative estimate of drug-likeness (QED) is 0.405. The summed E-state index contributed by atoms with van der Waals surface area (Å²) in [5, 5.41) is 12.7. The number of hydrogen-bond acceptors (Lipinski definition) is 4. The highest BCUT2D eigenvalue weighted by Crippen LogP contribution is 1.76. The Morgan fingerprint density at radius 2 is 1.41 bits per heavy atom. The van der Waals surface area contributed by atoms with Gasteiger partial charge in [0.1, 0.15) is 0 Å². The lowest BCUT2D eigenvalue weighted by molar-refractivity contribution is -0.131. The maximum Gasteiger partial charge on any atom is 0.328 e. The summed E-state index contributed by atoms with van der Waals surface area (Å²) in [4.78, 5) is 42.4. The van der Waals surface area contributed by atoms with E-state index in [1.165, 1.54) is 6.92 Å². The van der Waals surface area contributed by atoms with Crippen molar-refractivity contribution in [1.82, 2.24) is 10.6 Å². The lowest BCUT2D eigenvalue weighted by atomic mass is 10.4. The SMILES string of the molecule is CC(=O)/C=C/C(=O)NCNC(=O)/C=C/C(=O)O. The van der Waals surface area contributed by atoms with Crippen molar-refractivity contribution < 1.29 is 24.3 Å². The van der Waals surface area contributed by atoms with E-state index in [1.807, 2.05) is 0 Å². The molecule has 0 saturated heterocycles. The van der Waals surface area contributed by atoms with Crippen LogP contribution < -0.4 is 10.6 Å². The zero-order chi connectivity index (χ0) is 13.3. The molecule has 0 atom stereocenters. The molecule has 0 heterocycles. The summed E-state index contributed by atoms with van der Waals surface area (Å²) in [7, 11) is 0. The maximum absolute atomic E-state index is 11.0. The molecule has 2 amide bonds. The van der Waals surface area contributed by atoms with Gasteiger partial charge >= 0.3 is 5.97 Å². The minimum absolute atomic E-state index is 0.163. The van der Waals surface area contributed by atoms with E-state index < -0.39 is 17.8 Å². The largest absolute Gasteiger partial charge is 0.478 e. The van der Waals surface area contributed by atoms with Gasteiger partial charge in [0, 0.05) is 18.2 Å². The fraction of sp³-hybridized carbons (Fsp3) is 0.200. The molecule has 0 aromatic rings. The highest BCUT2D eigenvalue weighted by atomic mass is 16.4. The predicted octanol–water partition coefficient (Wildman–Crippen LogP) is -1.04. The molecule has 0 fully saturated rings. The molecule has 0 aromatic carbocycles. The first kappa shape index (κ1) is 14.6. The Balaban J connectivity index is 3.84. The van der Waals surface area contributed by atoms with Crippen LogP contribution in [0.1, 0.15) is 6.92 Å².